The van der Waals surface area contributed by atoms with Crippen LogP contribution in [0, 0.1) is 0 Å². The maximum Gasteiger partial charge on any atom is 0.308 e. The molecule has 5 nitrogen and oxygen atoms in total. The van der Waals surface area contributed by atoms with Crippen molar-refractivity contribution in [1.82, 2.24) is 5.32 Å². The second kappa shape index (κ2) is 8.89. The van der Waals surface area contributed by atoms with Crippen molar-refractivity contribution in [2.75, 3.05) is 13.2 Å². The van der Waals surface area contributed by atoms with Crippen LogP contribution in [0.25, 0.3) is 0 Å². The smallest absolute Gasteiger partial charge is 0.308 e. The fourth-order valence-corrected chi connectivity index (χ4v) is 2.67. The molecule has 0 radical (unpaired) electrons. The van der Waals surface area contributed by atoms with Crippen LogP contribution in [0.15, 0.2) is 24.3 Å². The fourth-order valence-electron chi connectivity index (χ4n) is 2.54. The minimum Gasteiger partial charge on any atom is -0.463 e. The van der Waals surface area contributed by atoms with E-state index in [9.17, 15) is 9.59 Å². The molecule has 2 rings (SSSR count). The van der Waals surface area contributed by atoms with Gasteiger partial charge in [-0.15, -0.1) is 0 Å². The number of nitrogens with one attached hydrogen (secondary N) is 1. The summed E-state index contributed by atoms with van der Waals surface area (Å²) in [7, 11) is 0. The van der Waals surface area contributed by atoms with Crippen molar-refractivity contribution < 1.29 is 19.1 Å². The summed E-state index contributed by atoms with van der Waals surface area (Å²) in [6.45, 7) is 2.41. The molecule has 0 aromatic heterocycles. The Kier molecular flexibility index (Phi) is 6.86. The third kappa shape index (κ3) is 6.20. The Morgan fingerprint density at radius 1 is 1.35 bits per heavy atom. The maximum absolute atomic E-state index is 12.1. The minimum absolute atomic E-state index is 0.0116. The molecular weight excluding hydrogens is 318 g/mol. The summed E-state index contributed by atoms with van der Waals surface area (Å²) in [5.74, 6) is -0.554. The number of rotatable bonds is 6. The average molecular weight is 340 g/mol. The highest BCUT2D eigenvalue weighted by Crippen LogP contribution is 2.20. The number of ether oxygens (including phenoxy) is 2. The lowest BCUT2D eigenvalue weighted by Crippen LogP contribution is -2.30. The quantitative estimate of drug-likeness (QED) is 0.809. The summed E-state index contributed by atoms with van der Waals surface area (Å²) in [5.41, 5.74) is 0.815. The lowest BCUT2D eigenvalue weighted by atomic mass is 10.0. The zero-order valence-corrected chi connectivity index (χ0v) is 14.0. The van der Waals surface area contributed by atoms with Gasteiger partial charge in [-0.2, -0.15) is 0 Å². The van der Waals surface area contributed by atoms with Gasteiger partial charge in [0.05, 0.1) is 18.6 Å². The number of carbonyl (C=O) groups excluding carboxylic acids is 2. The molecule has 1 heterocycles. The van der Waals surface area contributed by atoms with Crippen molar-refractivity contribution in [1.29, 1.82) is 0 Å². The maximum atomic E-state index is 12.1. The molecule has 1 fully saturated rings. The number of amides is 1. The van der Waals surface area contributed by atoms with Gasteiger partial charge in [-0.05, 0) is 37.0 Å². The highest BCUT2D eigenvalue weighted by Gasteiger charge is 2.20. The number of esters is 1. The topological polar surface area (TPSA) is 64.6 Å². The zero-order chi connectivity index (χ0) is 16.7. The van der Waals surface area contributed by atoms with Crippen molar-refractivity contribution >= 4 is 23.5 Å². The van der Waals surface area contributed by atoms with Gasteiger partial charge in [0, 0.05) is 18.6 Å². The van der Waals surface area contributed by atoms with E-state index in [2.05, 4.69) is 5.32 Å². The largest absolute Gasteiger partial charge is 0.463 e. The van der Waals surface area contributed by atoms with E-state index in [1.165, 1.54) is 6.92 Å². The van der Waals surface area contributed by atoms with Gasteiger partial charge in [-0.25, -0.2) is 0 Å². The van der Waals surface area contributed by atoms with Crippen LogP contribution < -0.4 is 5.32 Å². The molecule has 1 aliphatic rings. The van der Waals surface area contributed by atoms with Crippen LogP contribution in [-0.4, -0.2) is 31.2 Å². The summed E-state index contributed by atoms with van der Waals surface area (Å²) in [5, 5.41) is 3.37. The Labute approximate surface area is 141 Å². The summed E-state index contributed by atoms with van der Waals surface area (Å²) >= 11 is 5.87. The van der Waals surface area contributed by atoms with Crippen molar-refractivity contribution in [3.8, 4) is 0 Å². The van der Waals surface area contributed by atoms with E-state index in [0.717, 1.165) is 31.4 Å². The zero-order valence-electron chi connectivity index (χ0n) is 13.2. The molecule has 6 heteroatoms. The molecule has 23 heavy (non-hydrogen) atoms. The second-order valence-corrected chi connectivity index (χ2v) is 6.12. The van der Waals surface area contributed by atoms with Gasteiger partial charge in [0.1, 0.15) is 6.61 Å². The SMILES string of the molecule is CC(=O)NC(CC(=O)OCC1CCCCO1)c1ccc(Cl)cc1. The number of hydrogen-bond donors (Lipinski definition) is 1. The van der Waals surface area contributed by atoms with Crippen LogP contribution in [0.1, 0.15) is 44.2 Å². The molecule has 1 aliphatic heterocycles. The van der Waals surface area contributed by atoms with Gasteiger partial charge < -0.3 is 14.8 Å². The predicted octanol–water partition coefficient (Wildman–Crippen LogP) is 3.02. The van der Waals surface area contributed by atoms with Crippen LogP contribution >= 0.6 is 11.6 Å². The van der Waals surface area contributed by atoms with E-state index in [4.69, 9.17) is 21.1 Å². The standard InChI is InChI=1S/C17H22ClNO4/c1-12(20)19-16(13-5-7-14(18)8-6-13)10-17(21)23-11-15-4-2-3-9-22-15/h5-8,15-16H,2-4,9-11H2,1H3,(H,19,20). The Bertz CT molecular complexity index is 526. The van der Waals surface area contributed by atoms with Gasteiger partial charge in [0.15, 0.2) is 0 Å². The van der Waals surface area contributed by atoms with Crippen LogP contribution in [0.3, 0.4) is 0 Å². The van der Waals surface area contributed by atoms with Gasteiger partial charge in [-0.3, -0.25) is 9.59 Å². The van der Waals surface area contributed by atoms with Crippen molar-refractivity contribution in [2.45, 2.75) is 44.8 Å². The molecule has 1 amide bonds. The van der Waals surface area contributed by atoms with Gasteiger partial charge in [0.25, 0.3) is 0 Å². The van der Waals surface area contributed by atoms with Gasteiger partial charge >= 0.3 is 5.97 Å². The Hall–Kier alpha value is -1.59. The number of benzene rings is 1. The first-order valence-electron chi connectivity index (χ1n) is 7.84. The molecule has 0 aliphatic carbocycles. The first-order valence-corrected chi connectivity index (χ1v) is 8.22. The Morgan fingerprint density at radius 2 is 2.09 bits per heavy atom. The molecular formula is C17H22ClNO4. The monoisotopic (exact) mass is 339 g/mol. The van der Waals surface area contributed by atoms with Crippen molar-refractivity contribution in [2.24, 2.45) is 0 Å². The highest BCUT2D eigenvalue weighted by molar-refractivity contribution is 6.30. The molecule has 1 saturated heterocycles. The average Bonchev–Trinajstić information content (AvgIpc) is 2.53. The molecule has 0 bridgehead atoms. The third-order valence-corrected chi connectivity index (χ3v) is 3.98. The van der Waals surface area contributed by atoms with Gasteiger partial charge in [0.2, 0.25) is 5.91 Å². The normalized spacial score (nSPS) is 19.0. The fraction of sp³-hybridized carbons (Fsp3) is 0.529. The molecule has 0 spiro atoms. The van der Waals surface area contributed by atoms with E-state index in [1.807, 2.05) is 0 Å². The molecule has 1 N–H and O–H groups in total. The van der Waals surface area contributed by atoms with Crippen LogP contribution in [0.5, 0.6) is 0 Å². The van der Waals surface area contributed by atoms with Crippen molar-refractivity contribution in [3.63, 3.8) is 0 Å². The molecule has 2 atom stereocenters. The molecule has 0 saturated carbocycles. The lowest BCUT2D eigenvalue weighted by Gasteiger charge is -2.23. The summed E-state index contributed by atoms with van der Waals surface area (Å²) in [6.07, 6.45) is 3.14. The number of hydrogen-bond acceptors (Lipinski definition) is 4. The molecule has 2 unspecified atom stereocenters. The second-order valence-electron chi connectivity index (χ2n) is 5.68. The van der Waals surface area contributed by atoms with Gasteiger partial charge in [-0.1, -0.05) is 23.7 Å². The summed E-state index contributed by atoms with van der Waals surface area (Å²) < 4.78 is 10.8. The highest BCUT2D eigenvalue weighted by atomic mass is 35.5. The van der Waals surface area contributed by atoms with E-state index < -0.39 is 6.04 Å². The first-order chi connectivity index (χ1) is 11.0. The summed E-state index contributed by atoms with van der Waals surface area (Å²) in [4.78, 5) is 23.4. The predicted molar refractivity (Wildman–Crippen MR) is 87.2 cm³/mol. The number of halogens is 1. The minimum atomic E-state index is -0.426. The van der Waals surface area contributed by atoms with E-state index in [0.29, 0.717) is 5.02 Å². The lowest BCUT2D eigenvalue weighted by molar-refractivity contribution is -0.149. The van der Waals surface area contributed by atoms with Crippen molar-refractivity contribution in [3.05, 3.63) is 34.9 Å². The molecule has 1 aromatic carbocycles. The van der Waals surface area contributed by atoms with E-state index in [1.54, 1.807) is 24.3 Å². The van der Waals surface area contributed by atoms with Crippen LogP contribution in [0.2, 0.25) is 5.02 Å². The van der Waals surface area contributed by atoms with E-state index in [-0.39, 0.29) is 31.0 Å². The number of carbonyl (C=O) groups is 2. The van der Waals surface area contributed by atoms with E-state index >= 15 is 0 Å². The van der Waals surface area contributed by atoms with Crippen LogP contribution in [-0.2, 0) is 19.1 Å². The Morgan fingerprint density at radius 3 is 2.70 bits per heavy atom. The molecule has 126 valence electrons. The van der Waals surface area contributed by atoms with Crippen LogP contribution in [0.4, 0.5) is 0 Å². The third-order valence-electron chi connectivity index (χ3n) is 3.72. The first kappa shape index (κ1) is 17.8. The summed E-state index contributed by atoms with van der Waals surface area (Å²) in [6, 6.07) is 6.62. The molecule has 1 aromatic rings. The Balaban J connectivity index is 1.89.